The highest BCUT2D eigenvalue weighted by atomic mass is 16.5. The first kappa shape index (κ1) is 20.4. The highest BCUT2D eigenvalue weighted by Crippen LogP contribution is 2.29. The molecule has 3 rings (SSSR count). The molecule has 4 amide bonds. The predicted molar refractivity (Wildman–Crippen MR) is 108 cm³/mol. The van der Waals surface area contributed by atoms with Gasteiger partial charge in [-0.3, -0.25) is 9.59 Å². The first-order chi connectivity index (χ1) is 14.0. The molecule has 1 N–H and O–H groups in total. The van der Waals surface area contributed by atoms with E-state index in [9.17, 15) is 14.4 Å². The number of benzene rings is 1. The van der Waals surface area contributed by atoms with Crippen molar-refractivity contribution in [3.05, 3.63) is 47.2 Å². The van der Waals surface area contributed by atoms with Crippen LogP contribution in [0.2, 0.25) is 0 Å². The van der Waals surface area contributed by atoms with Crippen LogP contribution in [0.3, 0.4) is 0 Å². The lowest BCUT2D eigenvalue weighted by Crippen LogP contribution is -2.57. The molecule has 0 aliphatic carbocycles. The number of urea groups is 1. The summed E-state index contributed by atoms with van der Waals surface area (Å²) < 4.78 is 7.05. The molecule has 0 aromatic heterocycles. The third-order valence-corrected chi connectivity index (χ3v) is 4.88. The van der Waals surface area contributed by atoms with Gasteiger partial charge in [-0.1, -0.05) is 37.3 Å². The standard InChI is InChI=1S/C21H24N4O4/c1-4-15-12-23-19-17(18(15)29-5-2)20(27)25(21(28)24(19)3)13-16(26)22-11-14-9-7-6-8-10-14/h6-10,12,17H,4-5,11,13H2,1-3H3/p+1. The predicted octanol–water partition coefficient (Wildman–Crippen LogP) is 1.71. The van der Waals surface area contributed by atoms with E-state index in [1.165, 1.54) is 4.58 Å². The quantitative estimate of drug-likeness (QED) is 0.709. The molecule has 2 aliphatic rings. The van der Waals surface area contributed by atoms with Crippen molar-refractivity contribution in [3.8, 4) is 0 Å². The number of amidine groups is 1. The molecule has 1 aromatic carbocycles. The van der Waals surface area contributed by atoms with Crippen LogP contribution in [-0.4, -0.2) is 59.6 Å². The zero-order chi connectivity index (χ0) is 21.0. The first-order valence-electron chi connectivity index (χ1n) is 9.64. The van der Waals surface area contributed by atoms with E-state index >= 15 is 0 Å². The molecule has 2 aliphatic heterocycles. The molecule has 2 heterocycles. The van der Waals surface area contributed by atoms with Gasteiger partial charge in [-0.2, -0.15) is 9.48 Å². The lowest BCUT2D eigenvalue weighted by molar-refractivity contribution is -0.408. The van der Waals surface area contributed by atoms with Gasteiger partial charge in [-0.05, 0) is 18.9 Å². The van der Waals surface area contributed by atoms with Crippen LogP contribution in [0.25, 0.3) is 0 Å². The highest BCUT2D eigenvalue weighted by molar-refractivity contribution is 6.16. The molecule has 29 heavy (non-hydrogen) atoms. The van der Waals surface area contributed by atoms with Gasteiger partial charge in [0, 0.05) is 12.1 Å². The number of imide groups is 1. The molecule has 1 atom stereocenters. The van der Waals surface area contributed by atoms with Gasteiger partial charge in [0.2, 0.25) is 0 Å². The zero-order valence-corrected chi connectivity index (χ0v) is 16.8. The second-order valence-corrected chi connectivity index (χ2v) is 6.75. The Hall–Kier alpha value is -3.29. The number of carbonyl (C=O) groups is 3. The summed E-state index contributed by atoms with van der Waals surface area (Å²) in [5.74, 6) is -0.909. The van der Waals surface area contributed by atoms with Gasteiger partial charge >= 0.3 is 11.9 Å². The number of aliphatic imine (C=N–C) groups is 1. The number of ether oxygens (including phenoxy) is 1. The fourth-order valence-corrected chi connectivity index (χ4v) is 3.36. The van der Waals surface area contributed by atoms with Crippen LogP contribution in [0, 0.1) is 5.92 Å². The van der Waals surface area contributed by atoms with E-state index in [1.807, 2.05) is 44.2 Å². The van der Waals surface area contributed by atoms with Crippen LogP contribution in [0.1, 0.15) is 25.8 Å². The minimum Gasteiger partial charge on any atom is -0.496 e. The van der Waals surface area contributed by atoms with E-state index in [-0.39, 0.29) is 6.54 Å². The molecule has 1 aromatic rings. The number of amides is 4. The number of rotatable bonds is 7. The summed E-state index contributed by atoms with van der Waals surface area (Å²) in [7, 11) is 1.55. The lowest BCUT2D eigenvalue weighted by atomic mass is 9.94. The minimum atomic E-state index is -0.820. The van der Waals surface area contributed by atoms with Crippen LogP contribution in [0.15, 0.2) is 46.7 Å². The Bertz CT molecular complexity index is 918. The molecule has 0 spiro atoms. The number of allylic oxidation sites excluding steroid dienone is 1. The second kappa shape index (κ2) is 8.81. The molecular formula is C21H25N4O4+. The van der Waals surface area contributed by atoms with Crippen LogP contribution in [0.4, 0.5) is 4.79 Å². The van der Waals surface area contributed by atoms with Crippen LogP contribution < -0.4 is 5.32 Å². The fraction of sp³-hybridized carbons (Fsp3) is 0.381. The number of dihydropyridines is 1. The summed E-state index contributed by atoms with van der Waals surface area (Å²) >= 11 is 0. The van der Waals surface area contributed by atoms with Gasteiger partial charge in [0.25, 0.3) is 11.7 Å². The van der Waals surface area contributed by atoms with Crippen molar-refractivity contribution in [2.75, 3.05) is 20.2 Å². The minimum absolute atomic E-state index is 0.320. The van der Waals surface area contributed by atoms with Crippen molar-refractivity contribution in [1.29, 1.82) is 0 Å². The van der Waals surface area contributed by atoms with E-state index in [2.05, 4.69) is 10.3 Å². The Labute approximate surface area is 169 Å². The van der Waals surface area contributed by atoms with Crippen molar-refractivity contribution >= 4 is 29.9 Å². The van der Waals surface area contributed by atoms with Gasteiger partial charge in [0.05, 0.1) is 13.7 Å². The van der Waals surface area contributed by atoms with E-state index in [1.54, 1.807) is 13.3 Å². The van der Waals surface area contributed by atoms with Crippen molar-refractivity contribution in [3.63, 3.8) is 0 Å². The normalized spacial score (nSPS) is 18.9. The Kier molecular flexibility index (Phi) is 6.21. The molecule has 8 nitrogen and oxygen atoms in total. The van der Waals surface area contributed by atoms with Gasteiger partial charge in [0.15, 0.2) is 12.5 Å². The van der Waals surface area contributed by atoms with Crippen LogP contribution in [0.5, 0.6) is 0 Å². The average molecular weight is 397 g/mol. The van der Waals surface area contributed by atoms with Gasteiger partial charge in [-0.25, -0.2) is 4.79 Å². The van der Waals surface area contributed by atoms with Crippen molar-refractivity contribution < 1.29 is 23.7 Å². The number of hydrogen-bond acceptors (Lipinski definition) is 5. The van der Waals surface area contributed by atoms with Crippen LogP contribution >= 0.6 is 0 Å². The Balaban J connectivity index is 1.81. The largest absolute Gasteiger partial charge is 0.496 e. The monoisotopic (exact) mass is 397 g/mol. The van der Waals surface area contributed by atoms with E-state index in [0.29, 0.717) is 31.2 Å². The summed E-state index contributed by atoms with van der Waals surface area (Å²) in [5.41, 5.74) is 1.74. The molecule has 0 saturated heterocycles. The maximum absolute atomic E-state index is 13.2. The highest BCUT2D eigenvalue weighted by Gasteiger charge is 2.51. The fourth-order valence-electron chi connectivity index (χ4n) is 3.36. The zero-order valence-electron chi connectivity index (χ0n) is 16.8. The van der Waals surface area contributed by atoms with Crippen LogP contribution in [-0.2, 0) is 20.9 Å². The topological polar surface area (TPSA) is 91.1 Å². The maximum atomic E-state index is 13.2. The van der Waals surface area contributed by atoms with E-state index in [0.717, 1.165) is 16.0 Å². The number of carbonyl (C=O) groups excluding carboxylic acids is 3. The molecule has 0 saturated carbocycles. The number of nitrogens with one attached hydrogen (secondary N) is 1. The lowest BCUT2D eigenvalue weighted by Gasteiger charge is -2.29. The molecule has 0 bridgehead atoms. The summed E-state index contributed by atoms with van der Waals surface area (Å²) in [6.07, 6.45) is 2.28. The second-order valence-electron chi connectivity index (χ2n) is 6.75. The van der Waals surface area contributed by atoms with Gasteiger partial charge in [-0.15, -0.1) is 4.99 Å². The summed E-state index contributed by atoms with van der Waals surface area (Å²) in [5, 5.41) is 2.75. The Morgan fingerprint density at radius 1 is 1.24 bits per heavy atom. The molecular weight excluding hydrogens is 372 g/mol. The van der Waals surface area contributed by atoms with E-state index in [4.69, 9.17) is 4.74 Å². The maximum Gasteiger partial charge on any atom is 0.446 e. The number of nitrogens with zero attached hydrogens (tertiary/aromatic N) is 3. The molecule has 1 unspecified atom stereocenters. The summed E-state index contributed by atoms with van der Waals surface area (Å²) in [6, 6.07) is 8.84. The SMILES string of the molecule is CCOC1=C(CC)C=NC2=[N+](C)C(=O)N(CC(=O)NCc3ccccc3)C(=O)C12. The van der Waals surface area contributed by atoms with Gasteiger partial charge in [0.1, 0.15) is 12.0 Å². The Morgan fingerprint density at radius 2 is 1.97 bits per heavy atom. The number of fused-ring (bicyclic) bond motifs is 1. The van der Waals surface area contributed by atoms with Crippen molar-refractivity contribution in [1.82, 2.24) is 10.2 Å². The van der Waals surface area contributed by atoms with Gasteiger partial charge < -0.3 is 10.1 Å². The third kappa shape index (κ3) is 4.11. The van der Waals surface area contributed by atoms with Crippen molar-refractivity contribution in [2.24, 2.45) is 10.9 Å². The Morgan fingerprint density at radius 3 is 2.62 bits per heavy atom. The summed E-state index contributed by atoms with van der Waals surface area (Å²) in [4.78, 5) is 43.6. The molecule has 0 fully saturated rings. The smallest absolute Gasteiger partial charge is 0.446 e. The third-order valence-electron chi connectivity index (χ3n) is 4.88. The average Bonchev–Trinajstić information content (AvgIpc) is 2.74. The van der Waals surface area contributed by atoms with E-state index < -0.39 is 23.8 Å². The molecule has 8 heteroatoms. The molecule has 152 valence electrons. The number of hydrogen-bond donors (Lipinski definition) is 1. The summed E-state index contributed by atoms with van der Waals surface area (Å²) in [6.45, 7) is 4.13. The van der Waals surface area contributed by atoms with Crippen molar-refractivity contribution in [2.45, 2.75) is 26.8 Å². The molecule has 0 radical (unpaired) electrons. The first-order valence-corrected chi connectivity index (χ1v) is 9.64.